The second kappa shape index (κ2) is 10.1. The summed E-state index contributed by atoms with van der Waals surface area (Å²) in [4.78, 5) is 15.5. The second-order valence-corrected chi connectivity index (χ2v) is 7.21. The first-order valence-corrected chi connectivity index (χ1v) is 9.98. The number of aryl methyl sites for hydroxylation is 1. The summed E-state index contributed by atoms with van der Waals surface area (Å²) < 4.78 is 16.1. The van der Waals surface area contributed by atoms with E-state index >= 15 is 0 Å². The van der Waals surface area contributed by atoms with Crippen LogP contribution < -0.4 is 15.5 Å². The predicted octanol–water partition coefficient (Wildman–Crippen LogP) is 3.13. The Bertz CT molecular complexity index is 1020. The van der Waals surface area contributed by atoms with E-state index in [9.17, 15) is 4.39 Å². The number of guanidine groups is 1. The highest BCUT2D eigenvalue weighted by molar-refractivity contribution is 14.0. The maximum Gasteiger partial charge on any atom is 0.191 e. The van der Waals surface area contributed by atoms with E-state index in [1.807, 2.05) is 30.2 Å². The van der Waals surface area contributed by atoms with E-state index in [1.165, 1.54) is 6.07 Å². The summed E-state index contributed by atoms with van der Waals surface area (Å²) in [5, 5.41) is 6.75. The van der Waals surface area contributed by atoms with Gasteiger partial charge >= 0.3 is 0 Å². The number of aromatic nitrogens is 3. The van der Waals surface area contributed by atoms with Crippen LogP contribution in [0.1, 0.15) is 24.7 Å². The average molecular weight is 523 g/mol. The van der Waals surface area contributed by atoms with Gasteiger partial charge in [-0.2, -0.15) is 0 Å². The van der Waals surface area contributed by atoms with Crippen LogP contribution in [-0.4, -0.2) is 46.0 Å². The molecule has 0 amide bonds. The lowest BCUT2D eigenvalue weighted by atomic mass is 10.3. The standard InChI is InChI=1S/C21H26FN7.HI/c1-3-23-21(25-12-17-14-29-15(2)6-4-8-19(29)26-17)27-16-9-11-28(13-16)20-18(22)7-5-10-24-20;/h4-8,10,14,16H,3,9,11-13H2,1-2H3,(H2,23,25,27);1H. The molecule has 1 fully saturated rings. The van der Waals surface area contributed by atoms with Crippen molar-refractivity contribution < 1.29 is 4.39 Å². The molecule has 4 rings (SSSR count). The first-order chi connectivity index (χ1) is 14.1. The fourth-order valence-electron chi connectivity index (χ4n) is 3.63. The van der Waals surface area contributed by atoms with Gasteiger partial charge in [-0.05, 0) is 44.5 Å². The molecule has 0 aliphatic carbocycles. The van der Waals surface area contributed by atoms with Crippen LogP contribution in [0.3, 0.4) is 0 Å². The maximum atomic E-state index is 14.0. The molecule has 1 saturated heterocycles. The molecule has 160 valence electrons. The summed E-state index contributed by atoms with van der Waals surface area (Å²) in [6, 6.07) is 9.30. The number of hydrogen-bond acceptors (Lipinski definition) is 4. The van der Waals surface area contributed by atoms with E-state index in [2.05, 4.69) is 38.0 Å². The SMILES string of the molecule is CCNC(=NCc1cn2c(C)cccc2n1)NC1CCN(c2ncccc2F)C1.I. The number of aliphatic imine (C=N–C) groups is 1. The van der Waals surface area contributed by atoms with Crippen LogP contribution in [0.4, 0.5) is 10.2 Å². The van der Waals surface area contributed by atoms with Gasteiger partial charge in [0.15, 0.2) is 17.6 Å². The van der Waals surface area contributed by atoms with Gasteiger partial charge in [-0.15, -0.1) is 24.0 Å². The smallest absolute Gasteiger partial charge is 0.191 e. The van der Waals surface area contributed by atoms with Crippen molar-refractivity contribution >= 4 is 41.4 Å². The molecule has 9 heteroatoms. The number of imidazole rings is 1. The third kappa shape index (κ3) is 5.00. The fraction of sp³-hybridized carbons (Fsp3) is 0.381. The zero-order chi connectivity index (χ0) is 20.2. The molecule has 0 saturated carbocycles. The molecule has 4 heterocycles. The first kappa shape index (κ1) is 22.3. The number of halogens is 2. The van der Waals surface area contributed by atoms with E-state index < -0.39 is 0 Å². The molecule has 1 aliphatic rings. The largest absolute Gasteiger partial charge is 0.357 e. The molecule has 3 aromatic rings. The molecule has 0 aromatic carbocycles. The van der Waals surface area contributed by atoms with Gasteiger partial charge in [0.1, 0.15) is 5.65 Å². The number of anilines is 1. The van der Waals surface area contributed by atoms with Crippen LogP contribution in [0.2, 0.25) is 0 Å². The van der Waals surface area contributed by atoms with Crippen LogP contribution >= 0.6 is 24.0 Å². The van der Waals surface area contributed by atoms with Crippen molar-refractivity contribution in [2.75, 3.05) is 24.5 Å². The number of fused-ring (bicyclic) bond motifs is 1. The molecular weight excluding hydrogens is 496 g/mol. The van der Waals surface area contributed by atoms with Crippen LogP contribution in [0.5, 0.6) is 0 Å². The summed E-state index contributed by atoms with van der Waals surface area (Å²) >= 11 is 0. The molecule has 1 unspecified atom stereocenters. The lowest BCUT2D eigenvalue weighted by Gasteiger charge is -2.19. The van der Waals surface area contributed by atoms with Gasteiger partial charge < -0.3 is 19.9 Å². The first-order valence-electron chi connectivity index (χ1n) is 9.98. The van der Waals surface area contributed by atoms with Gasteiger partial charge in [-0.25, -0.2) is 19.4 Å². The molecule has 0 bridgehead atoms. The van der Waals surface area contributed by atoms with Gasteiger partial charge in [-0.1, -0.05) is 6.07 Å². The minimum absolute atomic E-state index is 0. The van der Waals surface area contributed by atoms with Crippen LogP contribution in [0.25, 0.3) is 5.65 Å². The Morgan fingerprint density at radius 2 is 2.17 bits per heavy atom. The molecule has 0 radical (unpaired) electrons. The average Bonchev–Trinajstić information content (AvgIpc) is 3.34. The second-order valence-electron chi connectivity index (χ2n) is 7.21. The Morgan fingerprint density at radius 3 is 2.93 bits per heavy atom. The monoisotopic (exact) mass is 523 g/mol. The topological polar surface area (TPSA) is 69.8 Å². The molecule has 1 atom stereocenters. The van der Waals surface area contributed by atoms with E-state index in [0.29, 0.717) is 18.9 Å². The summed E-state index contributed by atoms with van der Waals surface area (Å²) in [6.07, 6.45) is 4.55. The fourth-order valence-corrected chi connectivity index (χ4v) is 3.63. The van der Waals surface area contributed by atoms with Crippen LogP contribution in [0.15, 0.2) is 47.7 Å². The van der Waals surface area contributed by atoms with Crippen LogP contribution in [-0.2, 0) is 6.54 Å². The number of hydrogen-bond donors (Lipinski definition) is 2. The van der Waals surface area contributed by atoms with E-state index in [4.69, 9.17) is 4.99 Å². The zero-order valence-corrected chi connectivity index (χ0v) is 19.5. The third-order valence-corrected chi connectivity index (χ3v) is 5.06. The summed E-state index contributed by atoms with van der Waals surface area (Å²) in [6.45, 7) is 6.80. The molecule has 7 nitrogen and oxygen atoms in total. The molecule has 30 heavy (non-hydrogen) atoms. The van der Waals surface area contributed by atoms with Crippen molar-refractivity contribution in [3.8, 4) is 0 Å². The highest BCUT2D eigenvalue weighted by Crippen LogP contribution is 2.20. The maximum absolute atomic E-state index is 14.0. The molecule has 2 N–H and O–H groups in total. The lowest BCUT2D eigenvalue weighted by Crippen LogP contribution is -2.44. The van der Waals surface area contributed by atoms with Crippen molar-refractivity contribution in [2.24, 2.45) is 4.99 Å². The molecule has 1 aliphatic heterocycles. The minimum atomic E-state index is -0.282. The molecule has 3 aromatic heterocycles. The van der Waals surface area contributed by atoms with E-state index in [1.54, 1.807) is 12.3 Å². The van der Waals surface area contributed by atoms with Gasteiger partial charge in [-0.3, -0.25) is 0 Å². The van der Waals surface area contributed by atoms with E-state index in [0.717, 1.165) is 42.5 Å². The quantitative estimate of drug-likeness (QED) is 0.306. The van der Waals surface area contributed by atoms with E-state index in [-0.39, 0.29) is 35.8 Å². The summed E-state index contributed by atoms with van der Waals surface area (Å²) in [5.74, 6) is 0.879. The number of nitrogens with zero attached hydrogens (tertiary/aromatic N) is 5. The Labute approximate surface area is 192 Å². The number of pyridine rings is 2. The van der Waals surface area contributed by atoms with Gasteiger partial charge in [0.2, 0.25) is 0 Å². The summed E-state index contributed by atoms with van der Waals surface area (Å²) in [5.41, 5.74) is 2.99. The van der Waals surface area contributed by atoms with Crippen molar-refractivity contribution in [1.29, 1.82) is 0 Å². The Kier molecular flexibility index (Phi) is 7.46. The normalized spacial score (nSPS) is 16.6. The van der Waals surface area contributed by atoms with Crippen molar-refractivity contribution in [1.82, 2.24) is 25.0 Å². The van der Waals surface area contributed by atoms with Gasteiger partial charge in [0, 0.05) is 43.8 Å². The van der Waals surface area contributed by atoms with Crippen molar-refractivity contribution in [2.45, 2.75) is 32.9 Å². The van der Waals surface area contributed by atoms with Crippen molar-refractivity contribution in [3.05, 3.63) is 59.9 Å². The minimum Gasteiger partial charge on any atom is -0.357 e. The predicted molar refractivity (Wildman–Crippen MR) is 128 cm³/mol. The van der Waals surface area contributed by atoms with Gasteiger partial charge in [0.05, 0.1) is 12.2 Å². The Morgan fingerprint density at radius 1 is 1.30 bits per heavy atom. The molecule has 0 spiro atoms. The number of rotatable bonds is 5. The lowest BCUT2D eigenvalue weighted by molar-refractivity contribution is 0.612. The van der Waals surface area contributed by atoms with Crippen LogP contribution in [0, 0.1) is 12.7 Å². The number of nitrogens with one attached hydrogen (secondary N) is 2. The third-order valence-electron chi connectivity index (χ3n) is 5.06. The van der Waals surface area contributed by atoms with Crippen molar-refractivity contribution in [3.63, 3.8) is 0 Å². The van der Waals surface area contributed by atoms with Gasteiger partial charge in [0.25, 0.3) is 0 Å². The molecular formula is C21H27FIN7. The summed E-state index contributed by atoms with van der Waals surface area (Å²) in [7, 11) is 0. The highest BCUT2D eigenvalue weighted by atomic mass is 127. The zero-order valence-electron chi connectivity index (χ0n) is 17.2. The Hall–Kier alpha value is -2.43. The highest BCUT2D eigenvalue weighted by Gasteiger charge is 2.25. The Balaban J connectivity index is 0.00000256.